The fraction of sp³-hybridized carbons (Fsp3) is 0.333. The molecule has 164 valence electrons. The molecule has 3 heterocycles. The summed E-state index contributed by atoms with van der Waals surface area (Å²) in [6.45, 7) is 3.67. The number of benzene rings is 2. The number of carbonyl (C=O) groups excluding carboxylic acids is 4. The number of ketones is 1. The van der Waals surface area contributed by atoms with Crippen molar-refractivity contribution in [1.82, 2.24) is 0 Å². The topological polar surface area (TPSA) is 84.0 Å². The van der Waals surface area contributed by atoms with Gasteiger partial charge in [-0.3, -0.25) is 19.3 Å². The summed E-state index contributed by atoms with van der Waals surface area (Å²) in [4.78, 5) is 53.5. The molecule has 2 aromatic carbocycles. The second-order valence-electron chi connectivity index (χ2n) is 8.26. The van der Waals surface area contributed by atoms with Crippen molar-refractivity contribution in [3.8, 4) is 0 Å². The molecule has 8 heteroatoms. The first-order chi connectivity index (χ1) is 15.3. The van der Waals surface area contributed by atoms with Crippen LogP contribution in [0.3, 0.4) is 0 Å². The van der Waals surface area contributed by atoms with E-state index in [1.54, 1.807) is 30.0 Å². The Labute approximate surface area is 189 Å². The van der Waals surface area contributed by atoms with Crippen molar-refractivity contribution >= 4 is 46.7 Å². The lowest BCUT2D eigenvalue weighted by Gasteiger charge is -2.29. The van der Waals surface area contributed by atoms with E-state index < -0.39 is 16.9 Å². The molecule has 32 heavy (non-hydrogen) atoms. The highest BCUT2D eigenvalue weighted by Gasteiger charge is 2.59. The molecule has 5 rings (SSSR count). The molecule has 1 fully saturated rings. The Hall–Kier alpha value is -3.13. The first-order valence-corrected chi connectivity index (χ1v) is 11.4. The van der Waals surface area contributed by atoms with Crippen molar-refractivity contribution < 1.29 is 23.9 Å². The van der Waals surface area contributed by atoms with Gasteiger partial charge in [-0.05, 0) is 49.2 Å². The normalized spacial score (nSPS) is 21.8. The summed E-state index contributed by atoms with van der Waals surface area (Å²) in [6.07, 6.45) is 0.280. The van der Waals surface area contributed by atoms with Crippen LogP contribution in [0.15, 0.2) is 47.4 Å². The van der Waals surface area contributed by atoms with E-state index in [1.807, 2.05) is 24.3 Å². The van der Waals surface area contributed by atoms with E-state index >= 15 is 0 Å². The third-order valence-corrected chi connectivity index (χ3v) is 7.74. The lowest BCUT2D eigenvalue weighted by molar-refractivity contribution is -0.149. The summed E-state index contributed by atoms with van der Waals surface area (Å²) < 4.78 is 5.65. The van der Waals surface area contributed by atoms with Crippen LogP contribution in [-0.2, 0) is 25.5 Å². The van der Waals surface area contributed by atoms with E-state index in [2.05, 4.69) is 0 Å². The van der Waals surface area contributed by atoms with Gasteiger partial charge < -0.3 is 9.64 Å². The Morgan fingerprint density at radius 1 is 1.09 bits per heavy atom. The Morgan fingerprint density at radius 3 is 2.66 bits per heavy atom. The minimum atomic E-state index is -1.16. The lowest BCUT2D eigenvalue weighted by Crippen LogP contribution is -2.49. The smallest absolute Gasteiger partial charge is 0.344 e. The lowest BCUT2D eigenvalue weighted by atomic mass is 10.0. The average Bonchev–Trinajstić information content (AvgIpc) is 3.44. The van der Waals surface area contributed by atoms with E-state index in [-0.39, 0.29) is 24.0 Å². The van der Waals surface area contributed by atoms with Crippen LogP contribution in [0.4, 0.5) is 11.4 Å². The Morgan fingerprint density at radius 2 is 1.88 bits per heavy atom. The van der Waals surface area contributed by atoms with Gasteiger partial charge >= 0.3 is 5.97 Å². The van der Waals surface area contributed by atoms with E-state index in [0.29, 0.717) is 30.6 Å². The molecule has 2 aromatic rings. The number of carbonyl (C=O) groups is 4. The van der Waals surface area contributed by atoms with E-state index in [1.165, 1.54) is 23.6 Å². The third-order valence-electron chi connectivity index (χ3n) is 6.28. The maximum Gasteiger partial charge on any atom is 0.344 e. The molecular weight excluding hydrogens is 428 g/mol. The van der Waals surface area contributed by atoms with E-state index in [4.69, 9.17) is 4.74 Å². The van der Waals surface area contributed by atoms with Gasteiger partial charge in [0.2, 0.25) is 17.6 Å². The van der Waals surface area contributed by atoms with Gasteiger partial charge in [0.25, 0.3) is 0 Å². The molecule has 2 amide bonds. The number of amides is 2. The number of anilines is 2. The summed E-state index contributed by atoms with van der Waals surface area (Å²) in [5.74, 6) is -1.04. The number of hydrogen-bond acceptors (Lipinski definition) is 6. The molecule has 0 bridgehead atoms. The van der Waals surface area contributed by atoms with Crippen molar-refractivity contribution in [2.45, 2.75) is 49.0 Å². The Kier molecular flexibility index (Phi) is 4.85. The summed E-state index contributed by atoms with van der Waals surface area (Å²) in [5, 5.41) is 0. The maximum absolute atomic E-state index is 13.3. The molecule has 3 aliphatic heterocycles. The fourth-order valence-electron chi connectivity index (χ4n) is 4.70. The Balaban J connectivity index is 1.35. The zero-order chi connectivity index (χ0) is 22.6. The first-order valence-electron chi connectivity index (χ1n) is 10.6. The number of nitrogens with zero attached hydrogens (tertiary/aromatic N) is 2. The monoisotopic (exact) mass is 450 g/mol. The summed E-state index contributed by atoms with van der Waals surface area (Å²) in [6, 6.07) is 12.6. The van der Waals surface area contributed by atoms with Gasteiger partial charge in [-0.1, -0.05) is 23.9 Å². The molecule has 0 spiro atoms. The molecule has 0 aromatic heterocycles. The predicted octanol–water partition coefficient (Wildman–Crippen LogP) is 3.34. The van der Waals surface area contributed by atoms with Crippen molar-refractivity contribution in [1.29, 1.82) is 0 Å². The van der Waals surface area contributed by atoms with Crippen LogP contribution in [0.2, 0.25) is 0 Å². The zero-order valence-electron chi connectivity index (χ0n) is 17.8. The van der Waals surface area contributed by atoms with Gasteiger partial charge in [0.15, 0.2) is 11.0 Å². The highest BCUT2D eigenvalue weighted by molar-refractivity contribution is 8.02. The van der Waals surface area contributed by atoms with Gasteiger partial charge in [0.05, 0.1) is 5.69 Å². The van der Waals surface area contributed by atoms with Gasteiger partial charge in [0.1, 0.15) is 0 Å². The van der Waals surface area contributed by atoms with Gasteiger partial charge in [-0.25, -0.2) is 4.79 Å². The van der Waals surface area contributed by atoms with Gasteiger partial charge in [-0.2, -0.15) is 0 Å². The second-order valence-corrected chi connectivity index (χ2v) is 9.58. The van der Waals surface area contributed by atoms with Crippen molar-refractivity contribution in [3.63, 3.8) is 0 Å². The number of thioether (sulfide) groups is 1. The van der Waals surface area contributed by atoms with E-state index in [9.17, 15) is 19.2 Å². The SMILES string of the molecule is CC(=O)N1CCc2cc(C(=O)[C@@H](C)OC(=O)[C@]34CCC(=O)N3c3ccccc3S4)ccc21. The Bertz CT molecular complexity index is 1180. The molecule has 0 saturated carbocycles. The molecule has 0 radical (unpaired) electrons. The molecule has 1 saturated heterocycles. The zero-order valence-corrected chi connectivity index (χ0v) is 18.6. The molecule has 0 unspecified atom stereocenters. The molecular formula is C24H22N2O5S. The standard InChI is InChI=1S/C24H22N2O5S/c1-14(22(29)17-7-8-18-16(13-17)10-12-25(18)15(2)27)31-23(30)24-11-9-21(28)26(24)19-5-3-4-6-20(19)32-24/h3-8,13-14H,9-12H2,1-2H3/t14-,24-/m1/s1. The molecule has 2 atom stereocenters. The predicted molar refractivity (Wildman–Crippen MR) is 120 cm³/mol. The molecule has 0 N–H and O–H groups in total. The van der Waals surface area contributed by atoms with Crippen LogP contribution in [0.1, 0.15) is 42.6 Å². The number of fused-ring (bicyclic) bond motifs is 4. The first kappa shape index (κ1) is 20.8. The fourth-order valence-corrected chi connectivity index (χ4v) is 6.10. The third kappa shape index (κ3) is 3.04. The van der Waals surface area contributed by atoms with Crippen molar-refractivity contribution in [2.24, 2.45) is 0 Å². The maximum atomic E-state index is 13.3. The van der Waals surface area contributed by atoms with Crippen LogP contribution >= 0.6 is 11.8 Å². The van der Waals surface area contributed by atoms with Gasteiger partial charge in [0, 0.05) is 42.5 Å². The number of rotatable bonds is 4. The van der Waals surface area contributed by atoms with E-state index in [0.717, 1.165) is 16.1 Å². The highest BCUT2D eigenvalue weighted by atomic mass is 32.2. The van der Waals surface area contributed by atoms with Crippen LogP contribution in [0.25, 0.3) is 0 Å². The van der Waals surface area contributed by atoms with Crippen LogP contribution in [0, 0.1) is 0 Å². The summed E-state index contributed by atoms with van der Waals surface area (Å²) in [5.41, 5.74) is 2.90. The number of hydrogen-bond donors (Lipinski definition) is 0. The second kappa shape index (κ2) is 7.48. The van der Waals surface area contributed by atoms with Crippen molar-refractivity contribution in [3.05, 3.63) is 53.6 Å². The van der Waals surface area contributed by atoms with Crippen LogP contribution in [0.5, 0.6) is 0 Å². The average molecular weight is 451 g/mol. The largest absolute Gasteiger partial charge is 0.452 e. The molecule has 7 nitrogen and oxygen atoms in total. The number of ether oxygens (including phenoxy) is 1. The summed E-state index contributed by atoms with van der Waals surface area (Å²) >= 11 is 1.32. The van der Waals surface area contributed by atoms with Crippen LogP contribution in [-0.4, -0.2) is 41.1 Å². The van der Waals surface area contributed by atoms with Crippen LogP contribution < -0.4 is 9.80 Å². The number of Topliss-reactive ketones (excluding diaryl/α,β-unsaturated/α-hetero) is 1. The minimum absolute atomic E-state index is 0.0323. The van der Waals surface area contributed by atoms with Crippen molar-refractivity contribution in [2.75, 3.05) is 16.3 Å². The quantitative estimate of drug-likeness (QED) is 0.525. The summed E-state index contributed by atoms with van der Waals surface area (Å²) in [7, 11) is 0. The molecule has 3 aliphatic rings. The molecule has 0 aliphatic carbocycles. The van der Waals surface area contributed by atoms with Gasteiger partial charge in [-0.15, -0.1) is 0 Å². The number of esters is 1. The highest BCUT2D eigenvalue weighted by Crippen LogP contribution is 2.56. The minimum Gasteiger partial charge on any atom is -0.452 e. The number of para-hydroxylation sites is 1.